The van der Waals surface area contributed by atoms with E-state index in [1.807, 2.05) is 6.07 Å². The molecular weight excluding hydrogens is 432 g/mol. The summed E-state index contributed by atoms with van der Waals surface area (Å²) in [5, 5.41) is 6.76. The molecule has 0 bridgehead atoms. The van der Waals surface area contributed by atoms with Gasteiger partial charge in [0, 0.05) is 25.6 Å². The van der Waals surface area contributed by atoms with Crippen molar-refractivity contribution < 1.29 is 9.13 Å². The van der Waals surface area contributed by atoms with Gasteiger partial charge in [0.05, 0.1) is 13.2 Å². The molecular formula is C19H27FIN3O. The van der Waals surface area contributed by atoms with E-state index in [0.29, 0.717) is 0 Å². The summed E-state index contributed by atoms with van der Waals surface area (Å²) >= 11 is 0. The summed E-state index contributed by atoms with van der Waals surface area (Å²) in [5.74, 6) is 0.649. The van der Waals surface area contributed by atoms with Crippen LogP contribution in [0.3, 0.4) is 0 Å². The van der Waals surface area contributed by atoms with Gasteiger partial charge >= 0.3 is 0 Å². The topological polar surface area (TPSA) is 45.7 Å². The van der Waals surface area contributed by atoms with E-state index in [1.165, 1.54) is 11.6 Å². The fourth-order valence-electron chi connectivity index (χ4n) is 3.14. The number of ether oxygens (including phenoxy) is 1. The lowest BCUT2D eigenvalue weighted by molar-refractivity contribution is 0.153. The Morgan fingerprint density at radius 3 is 2.80 bits per heavy atom. The predicted molar refractivity (Wildman–Crippen MR) is 110 cm³/mol. The number of hydrogen-bond donors (Lipinski definition) is 2. The molecule has 1 aromatic rings. The summed E-state index contributed by atoms with van der Waals surface area (Å²) in [6.07, 6.45) is 6.39. The highest BCUT2D eigenvalue weighted by molar-refractivity contribution is 14.0. The Morgan fingerprint density at radius 2 is 2.16 bits per heavy atom. The van der Waals surface area contributed by atoms with Crippen LogP contribution in [0.1, 0.15) is 31.2 Å². The van der Waals surface area contributed by atoms with E-state index in [4.69, 9.17) is 4.74 Å². The maximum absolute atomic E-state index is 13.5. The first-order valence-electron chi connectivity index (χ1n) is 8.68. The molecule has 0 radical (unpaired) electrons. The van der Waals surface area contributed by atoms with E-state index >= 15 is 0 Å². The maximum Gasteiger partial charge on any atom is 0.191 e. The first-order chi connectivity index (χ1) is 11.7. The number of aliphatic imine (C=N–C) groups is 1. The number of benzene rings is 1. The summed E-state index contributed by atoms with van der Waals surface area (Å²) in [6.45, 7) is 3.21. The van der Waals surface area contributed by atoms with E-state index in [1.54, 1.807) is 19.2 Å². The van der Waals surface area contributed by atoms with E-state index in [9.17, 15) is 4.39 Å². The highest BCUT2D eigenvalue weighted by Crippen LogP contribution is 2.47. The molecule has 138 valence electrons. The normalized spacial score (nSPS) is 18.8. The molecule has 6 heteroatoms. The van der Waals surface area contributed by atoms with Crippen LogP contribution in [0.15, 0.2) is 40.9 Å². The molecule has 0 saturated heterocycles. The Hall–Kier alpha value is -1.15. The molecule has 1 heterocycles. The molecule has 1 fully saturated rings. The maximum atomic E-state index is 13.5. The van der Waals surface area contributed by atoms with Crippen molar-refractivity contribution in [2.24, 2.45) is 4.99 Å². The van der Waals surface area contributed by atoms with Crippen LogP contribution in [0.2, 0.25) is 0 Å². The van der Waals surface area contributed by atoms with Crippen LogP contribution in [0, 0.1) is 5.82 Å². The van der Waals surface area contributed by atoms with Crippen LogP contribution in [0.4, 0.5) is 4.39 Å². The highest BCUT2D eigenvalue weighted by atomic mass is 127. The van der Waals surface area contributed by atoms with Crippen LogP contribution < -0.4 is 10.6 Å². The lowest BCUT2D eigenvalue weighted by Gasteiger charge is -2.20. The Labute approximate surface area is 166 Å². The van der Waals surface area contributed by atoms with Crippen LogP contribution >= 0.6 is 24.0 Å². The smallest absolute Gasteiger partial charge is 0.191 e. The van der Waals surface area contributed by atoms with Crippen molar-refractivity contribution in [2.45, 2.75) is 31.1 Å². The van der Waals surface area contributed by atoms with Crippen LogP contribution in [0.25, 0.3) is 0 Å². The van der Waals surface area contributed by atoms with Gasteiger partial charge in [-0.25, -0.2) is 4.39 Å². The Balaban J connectivity index is 0.00000225. The predicted octanol–water partition coefficient (Wildman–Crippen LogP) is 3.38. The highest BCUT2D eigenvalue weighted by Gasteiger charge is 2.44. The van der Waals surface area contributed by atoms with Crippen molar-refractivity contribution >= 4 is 29.9 Å². The molecule has 1 aromatic carbocycles. The molecule has 0 atom stereocenters. The van der Waals surface area contributed by atoms with Crippen molar-refractivity contribution in [2.75, 3.05) is 33.4 Å². The molecule has 1 saturated carbocycles. The molecule has 0 aromatic heterocycles. The average molecular weight is 459 g/mol. The summed E-state index contributed by atoms with van der Waals surface area (Å²) in [4.78, 5) is 4.29. The number of hydrogen-bond acceptors (Lipinski definition) is 2. The van der Waals surface area contributed by atoms with Gasteiger partial charge in [-0.3, -0.25) is 4.99 Å². The van der Waals surface area contributed by atoms with Gasteiger partial charge in [-0.05, 0) is 43.4 Å². The summed E-state index contributed by atoms with van der Waals surface area (Å²) < 4.78 is 18.8. The van der Waals surface area contributed by atoms with E-state index in [0.717, 1.165) is 63.5 Å². The summed E-state index contributed by atoms with van der Waals surface area (Å²) in [5.41, 5.74) is 2.59. The standard InChI is InChI=1S/C19H26FN3O.HI/c1-21-18(22-10-5-15-6-11-24-12-7-15)23-14-19(8-9-19)16-3-2-4-17(20)13-16;/h2-4,6,13H,5,7-12,14H2,1H3,(H2,21,22,23);1H. The quantitative estimate of drug-likeness (QED) is 0.297. The number of guanidine groups is 1. The molecule has 2 aliphatic rings. The largest absolute Gasteiger partial charge is 0.377 e. The molecule has 1 aliphatic heterocycles. The van der Waals surface area contributed by atoms with Gasteiger partial charge in [0.25, 0.3) is 0 Å². The zero-order chi connectivity index (χ0) is 16.8. The van der Waals surface area contributed by atoms with Crippen molar-refractivity contribution in [3.8, 4) is 0 Å². The molecule has 4 nitrogen and oxygen atoms in total. The summed E-state index contributed by atoms with van der Waals surface area (Å²) in [7, 11) is 1.78. The SMILES string of the molecule is CN=C(NCCC1=CCOCC1)NCC1(c2cccc(F)c2)CC1.I. The molecule has 0 unspecified atom stereocenters. The molecule has 2 N–H and O–H groups in total. The van der Waals surface area contributed by atoms with Gasteiger partial charge in [0.2, 0.25) is 0 Å². The van der Waals surface area contributed by atoms with Gasteiger partial charge in [-0.1, -0.05) is 23.8 Å². The van der Waals surface area contributed by atoms with Gasteiger partial charge in [0.15, 0.2) is 5.96 Å². The second-order valence-electron chi connectivity index (χ2n) is 6.58. The zero-order valence-corrected chi connectivity index (χ0v) is 17.0. The van der Waals surface area contributed by atoms with Crippen molar-refractivity contribution in [3.63, 3.8) is 0 Å². The molecule has 25 heavy (non-hydrogen) atoms. The van der Waals surface area contributed by atoms with Crippen LogP contribution in [-0.4, -0.2) is 39.3 Å². The average Bonchev–Trinajstić information content (AvgIpc) is 3.40. The minimum absolute atomic E-state index is 0. The number of halogens is 2. The molecule has 1 aliphatic carbocycles. The lowest BCUT2D eigenvalue weighted by atomic mass is 9.96. The van der Waals surface area contributed by atoms with Crippen molar-refractivity contribution in [1.29, 1.82) is 0 Å². The Bertz CT molecular complexity index is 629. The number of nitrogens with one attached hydrogen (secondary N) is 2. The van der Waals surface area contributed by atoms with Gasteiger partial charge in [0.1, 0.15) is 5.82 Å². The molecule has 0 spiro atoms. The fourth-order valence-corrected chi connectivity index (χ4v) is 3.14. The fraction of sp³-hybridized carbons (Fsp3) is 0.526. The van der Waals surface area contributed by atoms with Gasteiger partial charge < -0.3 is 15.4 Å². The Morgan fingerprint density at radius 1 is 1.32 bits per heavy atom. The minimum Gasteiger partial charge on any atom is -0.377 e. The third-order valence-corrected chi connectivity index (χ3v) is 4.90. The van der Waals surface area contributed by atoms with Gasteiger partial charge in [-0.15, -0.1) is 24.0 Å². The van der Waals surface area contributed by atoms with Crippen LogP contribution in [0.5, 0.6) is 0 Å². The Kier molecular flexibility index (Phi) is 7.68. The van der Waals surface area contributed by atoms with Crippen molar-refractivity contribution in [3.05, 3.63) is 47.3 Å². The zero-order valence-electron chi connectivity index (χ0n) is 14.7. The van der Waals surface area contributed by atoms with E-state index in [-0.39, 0.29) is 35.2 Å². The second-order valence-corrected chi connectivity index (χ2v) is 6.58. The summed E-state index contributed by atoms with van der Waals surface area (Å²) in [6, 6.07) is 6.96. The first-order valence-corrected chi connectivity index (χ1v) is 8.68. The lowest BCUT2D eigenvalue weighted by Crippen LogP contribution is -2.41. The first kappa shape index (κ1) is 20.2. The van der Waals surface area contributed by atoms with E-state index in [2.05, 4.69) is 21.7 Å². The van der Waals surface area contributed by atoms with Crippen LogP contribution in [-0.2, 0) is 10.2 Å². The third-order valence-electron chi connectivity index (χ3n) is 4.90. The second kappa shape index (κ2) is 9.52. The monoisotopic (exact) mass is 459 g/mol. The number of rotatable bonds is 6. The molecule has 3 rings (SSSR count). The van der Waals surface area contributed by atoms with E-state index < -0.39 is 0 Å². The van der Waals surface area contributed by atoms with Gasteiger partial charge in [-0.2, -0.15) is 0 Å². The third kappa shape index (κ3) is 5.67. The molecule has 0 amide bonds. The van der Waals surface area contributed by atoms with Crippen molar-refractivity contribution in [1.82, 2.24) is 10.6 Å². The minimum atomic E-state index is -0.161. The number of nitrogens with zero attached hydrogens (tertiary/aromatic N) is 1.